The summed E-state index contributed by atoms with van der Waals surface area (Å²) in [7, 11) is 0. The Morgan fingerprint density at radius 1 is 1.30 bits per heavy atom. The van der Waals surface area contributed by atoms with Gasteiger partial charge in [-0.1, -0.05) is 0 Å². The van der Waals surface area contributed by atoms with Gasteiger partial charge in [-0.3, -0.25) is 4.79 Å². The molecule has 0 aliphatic rings. The number of carbonyl (C=O) groups is 1. The molecule has 1 heterocycles. The smallest absolute Gasteiger partial charge is 0.390 e. The first-order valence-electron chi connectivity index (χ1n) is 6.78. The van der Waals surface area contributed by atoms with E-state index in [1.54, 1.807) is 19.1 Å². The van der Waals surface area contributed by atoms with Crippen LogP contribution in [0.5, 0.6) is 0 Å². The number of guanidine groups is 1. The molecular weight excluding hydrogens is 428 g/mol. The fourth-order valence-electron chi connectivity index (χ4n) is 1.47. The van der Waals surface area contributed by atoms with Crippen molar-refractivity contribution in [1.29, 1.82) is 0 Å². The van der Waals surface area contributed by atoms with E-state index < -0.39 is 12.6 Å². The van der Waals surface area contributed by atoms with Crippen molar-refractivity contribution in [2.75, 3.05) is 19.6 Å². The first-order chi connectivity index (χ1) is 10.4. The second-order valence-electron chi connectivity index (χ2n) is 4.34. The Hall–Kier alpha value is -1.46. The van der Waals surface area contributed by atoms with E-state index in [2.05, 4.69) is 20.9 Å². The lowest BCUT2D eigenvalue weighted by atomic mass is 10.4. The number of aliphatic imine (C=N–C) groups is 1. The number of hydrogen-bond acceptors (Lipinski definition) is 3. The minimum Gasteiger partial charge on any atom is -0.467 e. The van der Waals surface area contributed by atoms with Gasteiger partial charge in [0.2, 0.25) is 5.91 Å². The van der Waals surface area contributed by atoms with Crippen molar-refractivity contribution in [2.45, 2.75) is 26.1 Å². The van der Waals surface area contributed by atoms with Crippen LogP contribution in [0.4, 0.5) is 13.2 Å². The minimum atomic E-state index is -4.23. The molecule has 0 atom stereocenters. The van der Waals surface area contributed by atoms with Crippen molar-refractivity contribution in [3.8, 4) is 0 Å². The van der Waals surface area contributed by atoms with Gasteiger partial charge in [0.15, 0.2) is 5.96 Å². The normalized spacial score (nSPS) is 11.6. The third kappa shape index (κ3) is 10.8. The SMILES string of the molecule is CCNC(=NCC(=O)NCc1ccco1)NCCC(F)(F)F.I. The topological polar surface area (TPSA) is 78.7 Å². The molecule has 0 unspecified atom stereocenters. The Morgan fingerprint density at radius 2 is 2.04 bits per heavy atom. The molecule has 0 saturated carbocycles. The Labute approximate surface area is 149 Å². The van der Waals surface area contributed by atoms with Gasteiger partial charge in [0, 0.05) is 13.1 Å². The molecule has 0 fully saturated rings. The fourth-order valence-corrected chi connectivity index (χ4v) is 1.47. The van der Waals surface area contributed by atoms with Crippen LogP contribution in [0.1, 0.15) is 19.1 Å². The molecule has 10 heteroatoms. The van der Waals surface area contributed by atoms with E-state index >= 15 is 0 Å². The number of furan rings is 1. The summed E-state index contributed by atoms with van der Waals surface area (Å²) in [5.74, 6) is 0.414. The predicted octanol–water partition coefficient (Wildman–Crippen LogP) is 2.02. The van der Waals surface area contributed by atoms with Gasteiger partial charge in [-0.05, 0) is 19.1 Å². The summed E-state index contributed by atoms with van der Waals surface area (Å²) in [5, 5.41) is 7.88. The van der Waals surface area contributed by atoms with Crippen molar-refractivity contribution < 1.29 is 22.4 Å². The highest BCUT2D eigenvalue weighted by Gasteiger charge is 2.26. The van der Waals surface area contributed by atoms with Gasteiger partial charge >= 0.3 is 6.18 Å². The highest BCUT2D eigenvalue weighted by Crippen LogP contribution is 2.17. The molecule has 132 valence electrons. The number of hydrogen-bond donors (Lipinski definition) is 3. The van der Waals surface area contributed by atoms with Gasteiger partial charge in [0.1, 0.15) is 12.3 Å². The molecule has 1 amide bonds. The van der Waals surface area contributed by atoms with Gasteiger partial charge in [0.25, 0.3) is 0 Å². The second kappa shape index (κ2) is 11.1. The van der Waals surface area contributed by atoms with Gasteiger partial charge in [-0.25, -0.2) is 4.99 Å². The zero-order chi connectivity index (χ0) is 16.4. The monoisotopic (exact) mass is 448 g/mol. The number of rotatable bonds is 7. The summed E-state index contributed by atoms with van der Waals surface area (Å²) in [4.78, 5) is 15.5. The van der Waals surface area contributed by atoms with Crippen molar-refractivity contribution in [2.24, 2.45) is 4.99 Å². The van der Waals surface area contributed by atoms with Crippen LogP contribution >= 0.6 is 24.0 Å². The zero-order valence-corrected chi connectivity index (χ0v) is 14.9. The second-order valence-corrected chi connectivity index (χ2v) is 4.34. The average molecular weight is 448 g/mol. The zero-order valence-electron chi connectivity index (χ0n) is 12.6. The number of nitrogens with zero attached hydrogens (tertiary/aromatic N) is 1. The molecule has 0 spiro atoms. The van der Waals surface area contributed by atoms with E-state index in [4.69, 9.17) is 4.42 Å². The predicted molar refractivity (Wildman–Crippen MR) is 90.6 cm³/mol. The van der Waals surface area contributed by atoms with Crippen LogP contribution in [0.3, 0.4) is 0 Å². The number of halogens is 4. The van der Waals surface area contributed by atoms with Crippen LogP contribution in [-0.2, 0) is 11.3 Å². The molecule has 0 aliphatic heterocycles. The van der Waals surface area contributed by atoms with E-state index in [0.717, 1.165) is 0 Å². The minimum absolute atomic E-state index is 0. The molecule has 1 aromatic rings. The molecule has 6 nitrogen and oxygen atoms in total. The first-order valence-corrected chi connectivity index (χ1v) is 6.78. The van der Waals surface area contributed by atoms with E-state index in [9.17, 15) is 18.0 Å². The summed E-state index contributed by atoms with van der Waals surface area (Å²) in [6.07, 6.45) is -3.71. The largest absolute Gasteiger partial charge is 0.467 e. The van der Waals surface area contributed by atoms with Crippen LogP contribution in [0.15, 0.2) is 27.8 Å². The van der Waals surface area contributed by atoms with Crippen LogP contribution in [-0.4, -0.2) is 37.7 Å². The van der Waals surface area contributed by atoms with Crippen LogP contribution in [0.25, 0.3) is 0 Å². The van der Waals surface area contributed by atoms with Gasteiger partial charge in [0.05, 0.1) is 19.2 Å². The average Bonchev–Trinajstić information content (AvgIpc) is 2.94. The van der Waals surface area contributed by atoms with E-state index in [-0.39, 0.29) is 55.5 Å². The van der Waals surface area contributed by atoms with E-state index in [0.29, 0.717) is 12.3 Å². The molecule has 23 heavy (non-hydrogen) atoms. The van der Waals surface area contributed by atoms with Crippen molar-refractivity contribution in [3.63, 3.8) is 0 Å². The number of alkyl halides is 3. The lowest BCUT2D eigenvalue weighted by molar-refractivity contribution is -0.132. The van der Waals surface area contributed by atoms with Gasteiger partial charge < -0.3 is 20.4 Å². The maximum atomic E-state index is 12.1. The molecule has 1 aromatic heterocycles. The summed E-state index contributed by atoms with van der Waals surface area (Å²) in [6, 6.07) is 3.42. The first kappa shape index (κ1) is 21.5. The highest BCUT2D eigenvalue weighted by atomic mass is 127. The Bertz CT molecular complexity index is 478. The molecule has 3 N–H and O–H groups in total. The summed E-state index contributed by atoms with van der Waals surface area (Å²) >= 11 is 0. The van der Waals surface area contributed by atoms with Crippen molar-refractivity contribution in [3.05, 3.63) is 24.2 Å². The summed E-state index contributed by atoms with van der Waals surface area (Å²) < 4.78 is 41.3. The quantitative estimate of drug-likeness (QED) is 0.339. The van der Waals surface area contributed by atoms with Crippen molar-refractivity contribution in [1.82, 2.24) is 16.0 Å². The maximum Gasteiger partial charge on any atom is 0.390 e. The molecule has 0 radical (unpaired) electrons. The Morgan fingerprint density at radius 3 is 2.61 bits per heavy atom. The van der Waals surface area contributed by atoms with Crippen LogP contribution in [0.2, 0.25) is 0 Å². The summed E-state index contributed by atoms with van der Waals surface area (Å²) in [5.41, 5.74) is 0. The van der Waals surface area contributed by atoms with Gasteiger partial charge in [-0.15, -0.1) is 24.0 Å². The van der Waals surface area contributed by atoms with E-state index in [1.165, 1.54) is 6.26 Å². The maximum absolute atomic E-state index is 12.1. The molecule has 0 aliphatic carbocycles. The van der Waals surface area contributed by atoms with Crippen LogP contribution in [0, 0.1) is 0 Å². The molecule has 0 aromatic carbocycles. The Balaban J connectivity index is 0.00000484. The molecule has 1 rings (SSSR count). The molecule has 0 saturated heterocycles. The number of carbonyl (C=O) groups excluding carboxylic acids is 1. The van der Waals surface area contributed by atoms with Gasteiger partial charge in [-0.2, -0.15) is 13.2 Å². The highest BCUT2D eigenvalue weighted by molar-refractivity contribution is 14.0. The molecular formula is C13H20F3IN4O2. The lowest BCUT2D eigenvalue weighted by Crippen LogP contribution is -2.39. The molecule has 0 bridgehead atoms. The number of nitrogens with one attached hydrogen (secondary N) is 3. The van der Waals surface area contributed by atoms with E-state index in [1.807, 2.05) is 0 Å². The fraction of sp³-hybridized carbons (Fsp3) is 0.538. The van der Waals surface area contributed by atoms with Crippen LogP contribution < -0.4 is 16.0 Å². The number of amides is 1. The lowest BCUT2D eigenvalue weighted by Gasteiger charge is -2.12. The standard InChI is InChI=1S/C13H19F3N4O2.HI/c1-2-17-12(18-6-5-13(14,15)16)20-9-11(21)19-8-10-4-3-7-22-10;/h3-4,7H,2,5-6,8-9H2,1H3,(H,19,21)(H2,17,18,20);1H. The summed E-state index contributed by atoms with van der Waals surface area (Å²) in [6.45, 7) is 1.99. The third-order valence-electron chi connectivity index (χ3n) is 2.47. The third-order valence-corrected chi connectivity index (χ3v) is 2.47. The van der Waals surface area contributed by atoms with Crippen molar-refractivity contribution >= 4 is 35.8 Å². The Kier molecular flexibility index (Phi) is 10.4.